The molecule has 4 saturated carbocycles. The van der Waals surface area contributed by atoms with Crippen LogP contribution in [0, 0.1) is 36.2 Å². The minimum atomic E-state index is 0.334. The van der Waals surface area contributed by atoms with Crippen molar-refractivity contribution >= 4 is 12.2 Å². The van der Waals surface area contributed by atoms with Crippen molar-refractivity contribution in [2.75, 3.05) is 0 Å². The number of aryl methyl sites for hydroxylation is 1. The van der Waals surface area contributed by atoms with E-state index in [1.807, 2.05) is 0 Å². The lowest BCUT2D eigenvalue weighted by atomic mass is 9.49. The van der Waals surface area contributed by atoms with Crippen molar-refractivity contribution in [1.29, 1.82) is 0 Å². The molecule has 2 nitrogen and oxygen atoms in total. The number of hydrogen-bond acceptors (Lipinski definition) is 2. The average molecular weight is 274 g/mol. The summed E-state index contributed by atoms with van der Waals surface area (Å²) in [5.41, 5.74) is 2.69. The lowest BCUT2D eigenvalue weighted by molar-refractivity contribution is -0.00953. The van der Waals surface area contributed by atoms with Crippen molar-refractivity contribution in [2.24, 2.45) is 17.8 Å². The smallest absolute Gasteiger partial charge is 0.132 e. The molecule has 19 heavy (non-hydrogen) atoms. The molecule has 1 aromatic rings. The van der Waals surface area contributed by atoms with Gasteiger partial charge in [0.1, 0.15) is 10.5 Å². The van der Waals surface area contributed by atoms with E-state index in [1.54, 1.807) is 0 Å². The Morgan fingerprint density at radius 1 is 1.05 bits per heavy atom. The SMILES string of the molecule is Cc1[nH]c(C23CC4CC(CC(C4)C2)C3)nc(=S)c1C. The zero-order valence-electron chi connectivity index (χ0n) is 11.8. The average Bonchev–Trinajstić information content (AvgIpc) is 2.33. The summed E-state index contributed by atoms with van der Waals surface area (Å²) in [6.45, 7) is 4.21. The van der Waals surface area contributed by atoms with Crippen LogP contribution in [0.15, 0.2) is 0 Å². The van der Waals surface area contributed by atoms with Crippen LogP contribution in [0.3, 0.4) is 0 Å². The molecular formula is C16H22N2S. The van der Waals surface area contributed by atoms with Crippen LogP contribution in [0.2, 0.25) is 0 Å². The zero-order valence-corrected chi connectivity index (χ0v) is 12.6. The highest BCUT2D eigenvalue weighted by Crippen LogP contribution is 2.60. The van der Waals surface area contributed by atoms with Gasteiger partial charge in [0.15, 0.2) is 0 Å². The van der Waals surface area contributed by atoms with Gasteiger partial charge in [-0.05, 0) is 70.1 Å². The lowest BCUT2D eigenvalue weighted by Crippen LogP contribution is -2.49. The van der Waals surface area contributed by atoms with E-state index >= 15 is 0 Å². The molecular weight excluding hydrogens is 252 g/mol. The molecule has 0 spiro atoms. The first-order valence-corrected chi connectivity index (χ1v) is 8.04. The van der Waals surface area contributed by atoms with E-state index in [0.717, 1.165) is 28.0 Å². The normalized spacial score (nSPS) is 39.8. The summed E-state index contributed by atoms with van der Waals surface area (Å²) < 4.78 is 0.807. The Morgan fingerprint density at radius 3 is 2.05 bits per heavy atom. The van der Waals surface area contributed by atoms with Crippen LogP contribution in [0.5, 0.6) is 0 Å². The molecule has 102 valence electrons. The Balaban J connectivity index is 1.82. The largest absolute Gasteiger partial charge is 0.347 e. The molecule has 1 heterocycles. The van der Waals surface area contributed by atoms with Crippen LogP contribution in [0.1, 0.15) is 55.6 Å². The predicted octanol–water partition coefficient (Wildman–Crippen LogP) is 4.22. The molecule has 4 aliphatic rings. The zero-order chi connectivity index (χ0) is 13.2. The van der Waals surface area contributed by atoms with Crippen molar-refractivity contribution in [2.45, 2.75) is 57.8 Å². The Hall–Kier alpha value is -0.700. The third-order valence-corrected chi connectivity index (χ3v) is 6.34. The van der Waals surface area contributed by atoms with Gasteiger partial charge < -0.3 is 4.98 Å². The van der Waals surface area contributed by atoms with E-state index in [2.05, 4.69) is 18.8 Å². The van der Waals surface area contributed by atoms with Crippen LogP contribution < -0.4 is 0 Å². The van der Waals surface area contributed by atoms with E-state index < -0.39 is 0 Å². The minimum absolute atomic E-state index is 0.334. The Morgan fingerprint density at radius 2 is 1.58 bits per heavy atom. The maximum absolute atomic E-state index is 5.45. The number of rotatable bonds is 1. The van der Waals surface area contributed by atoms with Crippen molar-refractivity contribution < 1.29 is 0 Å². The van der Waals surface area contributed by atoms with Crippen molar-refractivity contribution in [3.63, 3.8) is 0 Å². The molecule has 0 radical (unpaired) electrons. The molecule has 0 atom stereocenters. The van der Waals surface area contributed by atoms with E-state index in [0.29, 0.717) is 5.41 Å². The molecule has 0 aromatic carbocycles. The van der Waals surface area contributed by atoms with Gasteiger partial charge in [0.05, 0.1) is 0 Å². The molecule has 4 fully saturated rings. The van der Waals surface area contributed by atoms with Gasteiger partial charge >= 0.3 is 0 Å². The summed E-state index contributed by atoms with van der Waals surface area (Å²) >= 11 is 5.45. The van der Waals surface area contributed by atoms with E-state index in [4.69, 9.17) is 17.2 Å². The Kier molecular flexibility index (Phi) is 2.48. The van der Waals surface area contributed by atoms with Crippen molar-refractivity contribution in [1.82, 2.24) is 9.97 Å². The molecule has 3 heteroatoms. The fraction of sp³-hybridized carbons (Fsp3) is 0.750. The lowest BCUT2D eigenvalue weighted by Gasteiger charge is -2.56. The summed E-state index contributed by atoms with van der Waals surface area (Å²) in [5, 5.41) is 0. The first-order valence-electron chi connectivity index (χ1n) is 7.64. The second-order valence-corrected chi connectivity index (χ2v) is 7.73. The number of hydrogen-bond donors (Lipinski definition) is 1. The second kappa shape index (κ2) is 3.91. The summed E-state index contributed by atoms with van der Waals surface area (Å²) in [6, 6.07) is 0. The van der Waals surface area contributed by atoms with Gasteiger partial charge in [-0.2, -0.15) is 0 Å². The van der Waals surface area contributed by atoms with Crippen LogP contribution in [-0.2, 0) is 5.41 Å². The summed E-state index contributed by atoms with van der Waals surface area (Å²) in [7, 11) is 0. The number of H-pyrrole nitrogens is 1. The molecule has 4 bridgehead atoms. The molecule has 0 saturated heterocycles. The van der Waals surface area contributed by atoms with Gasteiger partial charge in [-0.25, -0.2) is 4.98 Å². The summed E-state index contributed by atoms with van der Waals surface area (Å²) in [5.74, 6) is 4.07. The van der Waals surface area contributed by atoms with Gasteiger partial charge in [0, 0.05) is 16.7 Å². The summed E-state index contributed by atoms with van der Waals surface area (Å²) in [4.78, 5) is 8.38. The fourth-order valence-electron chi connectivity index (χ4n) is 5.30. The predicted molar refractivity (Wildman–Crippen MR) is 78.7 cm³/mol. The van der Waals surface area contributed by atoms with E-state index in [-0.39, 0.29) is 0 Å². The highest BCUT2D eigenvalue weighted by Gasteiger charge is 2.52. The molecule has 1 aromatic heterocycles. The molecule has 0 amide bonds. The quantitative estimate of drug-likeness (QED) is 0.777. The third-order valence-electron chi connectivity index (χ3n) is 5.94. The summed E-state index contributed by atoms with van der Waals surface area (Å²) in [6.07, 6.45) is 8.47. The standard InChI is InChI=1S/C16H22N2S/c1-9-10(2)17-15(18-14(9)19)16-6-11-3-12(7-16)5-13(4-11)8-16/h11-13H,3-8H2,1-2H3,(H,17,18,19). The molecule has 4 aliphatic carbocycles. The Bertz CT molecular complexity index is 552. The number of nitrogens with zero attached hydrogens (tertiary/aromatic N) is 1. The van der Waals surface area contributed by atoms with Gasteiger partial charge in [0.25, 0.3) is 0 Å². The van der Waals surface area contributed by atoms with Gasteiger partial charge in [-0.15, -0.1) is 0 Å². The van der Waals surface area contributed by atoms with Crippen LogP contribution in [0.25, 0.3) is 0 Å². The molecule has 5 rings (SSSR count). The topological polar surface area (TPSA) is 28.7 Å². The highest BCUT2D eigenvalue weighted by molar-refractivity contribution is 7.71. The van der Waals surface area contributed by atoms with Gasteiger partial charge in [0.2, 0.25) is 0 Å². The first-order chi connectivity index (χ1) is 9.06. The number of aromatic nitrogens is 2. The Labute approximate surface area is 120 Å². The number of aromatic amines is 1. The van der Waals surface area contributed by atoms with Gasteiger partial charge in [-0.1, -0.05) is 12.2 Å². The van der Waals surface area contributed by atoms with E-state index in [1.165, 1.54) is 50.0 Å². The van der Waals surface area contributed by atoms with Crippen LogP contribution in [0.4, 0.5) is 0 Å². The molecule has 0 unspecified atom stereocenters. The maximum Gasteiger partial charge on any atom is 0.132 e. The minimum Gasteiger partial charge on any atom is -0.347 e. The van der Waals surface area contributed by atoms with Crippen molar-refractivity contribution in [3.05, 3.63) is 21.7 Å². The van der Waals surface area contributed by atoms with E-state index in [9.17, 15) is 0 Å². The maximum atomic E-state index is 5.45. The molecule has 0 aliphatic heterocycles. The highest BCUT2D eigenvalue weighted by atomic mass is 32.1. The monoisotopic (exact) mass is 274 g/mol. The number of nitrogens with one attached hydrogen (secondary N) is 1. The fourth-order valence-corrected chi connectivity index (χ4v) is 5.54. The van der Waals surface area contributed by atoms with Crippen molar-refractivity contribution in [3.8, 4) is 0 Å². The third kappa shape index (κ3) is 1.74. The first kappa shape index (κ1) is 12.1. The van der Waals surface area contributed by atoms with Crippen LogP contribution >= 0.6 is 12.2 Å². The molecule has 1 N–H and O–H groups in total. The second-order valence-electron chi connectivity index (χ2n) is 7.34. The van der Waals surface area contributed by atoms with Gasteiger partial charge in [-0.3, -0.25) is 0 Å². The van der Waals surface area contributed by atoms with Crippen LogP contribution in [-0.4, -0.2) is 9.97 Å².